The van der Waals surface area contributed by atoms with Crippen LogP contribution in [0.25, 0.3) is 5.82 Å². The Labute approximate surface area is 162 Å². The molecule has 0 saturated carbocycles. The van der Waals surface area contributed by atoms with E-state index in [1.165, 1.54) is 12.1 Å². The second-order valence-corrected chi connectivity index (χ2v) is 6.99. The minimum Gasteiger partial charge on any atom is -0.357 e. The van der Waals surface area contributed by atoms with E-state index in [-0.39, 0.29) is 17.8 Å². The maximum atomic E-state index is 13.0. The summed E-state index contributed by atoms with van der Waals surface area (Å²) in [6.45, 7) is 5.00. The number of likely N-dealkylation sites (tertiary alicyclic amines) is 1. The molecule has 7 nitrogen and oxygen atoms in total. The van der Waals surface area contributed by atoms with Crippen LogP contribution in [0.3, 0.4) is 0 Å². The van der Waals surface area contributed by atoms with Crippen molar-refractivity contribution in [1.29, 1.82) is 0 Å². The van der Waals surface area contributed by atoms with Crippen LogP contribution in [-0.2, 0) is 11.3 Å². The normalized spacial score (nSPS) is 16.6. The summed E-state index contributed by atoms with van der Waals surface area (Å²) in [6, 6.07) is 11.5. The van der Waals surface area contributed by atoms with Gasteiger partial charge in [0.05, 0.1) is 5.69 Å². The van der Waals surface area contributed by atoms with Gasteiger partial charge in [0, 0.05) is 18.8 Å². The van der Waals surface area contributed by atoms with E-state index in [9.17, 15) is 9.18 Å². The van der Waals surface area contributed by atoms with Crippen LogP contribution in [0.1, 0.15) is 23.4 Å². The van der Waals surface area contributed by atoms with Gasteiger partial charge in [-0.2, -0.15) is 5.10 Å². The maximum Gasteiger partial charge on any atom is 0.245 e. The smallest absolute Gasteiger partial charge is 0.245 e. The van der Waals surface area contributed by atoms with E-state index in [4.69, 9.17) is 0 Å². The molecule has 2 aromatic heterocycles. The number of aryl methyl sites for hydroxylation is 2. The molecule has 0 radical (unpaired) electrons. The van der Waals surface area contributed by atoms with Gasteiger partial charge in [-0.1, -0.05) is 12.1 Å². The lowest BCUT2D eigenvalue weighted by molar-refractivity contribution is -0.128. The van der Waals surface area contributed by atoms with Crippen LogP contribution in [-0.4, -0.2) is 43.4 Å². The Morgan fingerprint density at radius 3 is 2.57 bits per heavy atom. The fourth-order valence-electron chi connectivity index (χ4n) is 3.39. The number of aromatic nitrogens is 4. The SMILES string of the molecule is Cc1cc(C)n(-c2ccc(NC3CCN(Cc4ccc(F)cc4)C3=O)nn2)n1. The number of rotatable bonds is 5. The van der Waals surface area contributed by atoms with Crippen molar-refractivity contribution in [2.75, 3.05) is 11.9 Å². The molecule has 0 spiro atoms. The van der Waals surface area contributed by atoms with E-state index in [1.54, 1.807) is 27.8 Å². The molecule has 1 atom stereocenters. The number of carbonyl (C=O) groups is 1. The van der Waals surface area contributed by atoms with Crippen LogP contribution in [0.15, 0.2) is 42.5 Å². The standard InChI is InChI=1S/C20H21FN6O/c1-13-11-14(2)27(25-13)19-8-7-18(23-24-19)22-17-9-10-26(20(17)28)12-15-3-5-16(21)6-4-15/h3-8,11,17H,9-10,12H2,1-2H3,(H,22,23). The van der Waals surface area contributed by atoms with Gasteiger partial charge < -0.3 is 10.2 Å². The number of amides is 1. The highest BCUT2D eigenvalue weighted by molar-refractivity contribution is 5.86. The van der Waals surface area contributed by atoms with E-state index in [1.807, 2.05) is 26.0 Å². The molecule has 3 aromatic rings. The zero-order chi connectivity index (χ0) is 19.7. The molecular formula is C20H21FN6O. The summed E-state index contributed by atoms with van der Waals surface area (Å²) in [4.78, 5) is 14.4. The Hall–Kier alpha value is -3.29. The molecule has 1 aliphatic heterocycles. The Balaban J connectivity index is 1.40. The summed E-state index contributed by atoms with van der Waals surface area (Å²) in [5.41, 5.74) is 2.80. The number of hydrogen-bond acceptors (Lipinski definition) is 5. The Morgan fingerprint density at radius 2 is 1.93 bits per heavy atom. The zero-order valence-corrected chi connectivity index (χ0v) is 15.8. The van der Waals surface area contributed by atoms with E-state index in [0.29, 0.717) is 31.1 Å². The first-order chi connectivity index (χ1) is 13.5. The van der Waals surface area contributed by atoms with Crippen LogP contribution >= 0.6 is 0 Å². The van der Waals surface area contributed by atoms with Gasteiger partial charge in [-0.05, 0) is 56.2 Å². The fourth-order valence-corrected chi connectivity index (χ4v) is 3.39. The van der Waals surface area contributed by atoms with Crippen LogP contribution < -0.4 is 5.32 Å². The van der Waals surface area contributed by atoms with Gasteiger partial charge in [0.2, 0.25) is 5.91 Å². The minimum atomic E-state index is -0.339. The van der Waals surface area contributed by atoms with Gasteiger partial charge in [-0.15, -0.1) is 10.2 Å². The fraction of sp³-hybridized carbons (Fsp3) is 0.300. The first kappa shape index (κ1) is 18.1. The number of hydrogen-bond donors (Lipinski definition) is 1. The van der Waals surface area contributed by atoms with Crippen molar-refractivity contribution in [2.24, 2.45) is 0 Å². The third-order valence-corrected chi connectivity index (χ3v) is 4.78. The number of nitrogens with zero attached hydrogens (tertiary/aromatic N) is 5. The lowest BCUT2D eigenvalue weighted by atomic mass is 10.2. The van der Waals surface area contributed by atoms with Crippen molar-refractivity contribution in [3.8, 4) is 5.82 Å². The van der Waals surface area contributed by atoms with Crippen molar-refractivity contribution in [2.45, 2.75) is 32.9 Å². The number of carbonyl (C=O) groups excluding carboxylic acids is 1. The molecule has 0 bridgehead atoms. The minimum absolute atomic E-state index is 0.00810. The second kappa shape index (κ2) is 7.38. The summed E-state index contributed by atoms with van der Waals surface area (Å²) >= 11 is 0. The lowest BCUT2D eigenvalue weighted by Crippen LogP contribution is -2.33. The predicted octanol–water partition coefficient (Wildman–Crippen LogP) is 2.63. The number of anilines is 1. The van der Waals surface area contributed by atoms with Crippen LogP contribution in [0, 0.1) is 19.7 Å². The first-order valence-corrected chi connectivity index (χ1v) is 9.17. The second-order valence-electron chi connectivity index (χ2n) is 6.99. The summed E-state index contributed by atoms with van der Waals surface area (Å²) in [5.74, 6) is 0.909. The summed E-state index contributed by atoms with van der Waals surface area (Å²) < 4.78 is 14.8. The molecule has 144 valence electrons. The molecule has 1 N–H and O–H groups in total. The molecule has 1 unspecified atom stereocenters. The molecule has 1 aromatic carbocycles. The maximum absolute atomic E-state index is 13.0. The molecule has 1 aliphatic rings. The quantitative estimate of drug-likeness (QED) is 0.736. The predicted molar refractivity (Wildman–Crippen MR) is 102 cm³/mol. The third kappa shape index (κ3) is 3.71. The third-order valence-electron chi connectivity index (χ3n) is 4.78. The molecule has 1 fully saturated rings. The largest absolute Gasteiger partial charge is 0.357 e. The Morgan fingerprint density at radius 1 is 1.14 bits per heavy atom. The highest BCUT2D eigenvalue weighted by Gasteiger charge is 2.31. The molecule has 28 heavy (non-hydrogen) atoms. The molecule has 8 heteroatoms. The van der Waals surface area contributed by atoms with Crippen LogP contribution in [0.4, 0.5) is 10.2 Å². The summed E-state index contributed by atoms with van der Waals surface area (Å²) in [5, 5.41) is 16.0. The average molecular weight is 380 g/mol. The Bertz CT molecular complexity index is 983. The molecule has 4 rings (SSSR count). The average Bonchev–Trinajstić information content (AvgIpc) is 3.20. The van der Waals surface area contributed by atoms with Crippen molar-refractivity contribution in [3.05, 3.63) is 65.2 Å². The van der Waals surface area contributed by atoms with Gasteiger partial charge in [-0.3, -0.25) is 4.79 Å². The molecule has 3 heterocycles. The number of halogens is 1. The summed E-state index contributed by atoms with van der Waals surface area (Å²) in [6.07, 6.45) is 0.681. The van der Waals surface area contributed by atoms with Crippen molar-refractivity contribution < 1.29 is 9.18 Å². The Kier molecular flexibility index (Phi) is 4.77. The zero-order valence-electron chi connectivity index (χ0n) is 15.8. The highest BCUT2D eigenvalue weighted by Crippen LogP contribution is 2.19. The highest BCUT2D eigenvalue weighted by atomic mass is 19.1. The van der Waals surface area contributed by atoms with Crippen molar-refractivity contribution in [3.63, 3.8) is 0 Å². The molecule has 1 amide bonds. The monoisotopic (exact) mass is 380 g/mol. The van der Waals surface area contributed by atoms with Gasteiger partial charge in [0.15, 0.2) is 5.82 Å². The molecule has 1 saturated heterocycles. The van der Waals surface area contributed by atoms with Crippen LogP contribution in [0.5, 0.6) is 0 Å². The van der Waals surface area contributed by atoms with E-state index in [0.717, 1.165) is 17.0 Å². The van der Waals surface area contributed by atoms with Gasteiger partial charge in [0.25, 0.3) is 0 Å². The topological polar surface area (TPSA) is 75.9 Å². The van der Waals surface area contributed by atoms with Crippen LogP contribution in [0.2, 0.25) is 0 Å². The van der Waals surface area contributed by atoms with Crippen molar-refractivity contribution in [1.82, 2.24) is 24.9 Å². The first-order valence-electron chi connectivity index (χ1n) is 9.17. The van der Waals surface area contributed by atoms with Crippen molar-refractivity contribution >= 4 is 11.7 Å². The summed E-state index contributed by atoms with van der Waals surface area (Å²) in [7, 11) is 0. The van der Waals surface area contributed by atoms with Gasteiger partial charge in [0.1, 0.15) is 17.7 Å². The van der Waals surface area contributed by atoms with Gasteiger partial charge >= 0.3 is 0 Å². The van der Waals surface area contributed by atoms with E-state index >= 15 is 0 Å². The molecular weight excluding hydrogens is 359 g/mol. The molecule has 0 aliphatic carbocycles. The number of nitrogens with one attached hydrogen (secondary N) is 1. The van der Waals surface area contributed by atoms with E-state index in [2.05, 4.69) is 20.6 Å². The van der Waals surface area contributed by atoms with E-state index < -0.39 is 0 Å². The van der Waals surface area contributed by atoms with Gasteiger partial charge in [-0.25, -0.2) is 9.07 Å². The lowest BCUT2D eigenvalue weighted by Gasteiger charge is -2.17. The number of benzene rings is 1.